The van der Waals surface area contributed by atoms with Crippen LogP contribution >= 0.6 is 0 Å². The van der Waals surface area contributed by atoms with Crippen LogP contribution in [0.25, 0.3) is 0 Å². The Morgan fingerprint density at radius 2 is 1.70 bits per heavy atom. The van der Waals surface area contributed by atoms with Crippen molar-refractivity contribution in [3.63, 3.8) is 0 Å². The van der Waals surface area contributed by atoms with Crippen LogP contribution in [0, 0.1) is 0 Å². The van der Waals surface area contributed by atoms with Crippen LogP contribution in [0.15, 0.2) is 48.5 Å². The van der Waals surface area contributed by atoms with E-state index in [-0.39, 0.29) is 0 Å². The fraction of sp³-hybridized carbons (Fsp3) is 0.250. The predicted molar refractivity (Wildman–Crippen MR) is 83.6 cm³/mol. The van der Waals surface area contributed by atoms with Gasteiger partial charge in [-0.25, -0.2) is 0 Å². The van der Waals surface area contributed by atoms with Crippen molar-refractivity contribution in [3.05, 3.63) is 48.5 Å². The second-order valence-corrected chi connectivity index (χ2v) is 4.90. The largest absolute Gasteiger partial charge is 0.399 e. The Bertz CT molecular complexity index is 562. The van der Waals surface area contributed by atoms with Crippen molar-refractivity contribution in [2.75, 3.05) is 42.3 Å². The number of morpholine rings is 1. The maximum absolute atomic E-state index is 5.78. The molecule has 0 bridgehead atoms. The lowest BCUT2D eigenvalue weighted by molar-refractivity contribution is 0.122. The van der Waals surface area contributed by atoms with Crippen molar-refractivity contribution in [3.8, 4) is 0 Å². The van der Waals surface area contributed by atoms with Gasteiger partial charge in [-0.3, -0.25) is 0 Å². The summed E-state index contributed by atoms with van der Waals surface area (Å²) < 4.78 is 5.37. The van der Waals surface area contributed by atoms with Gasteiger partial charge in [0.15, 0.2) is 0 Å². The van der Waals surface area contributed by atoms with E-state index in [1.54, 1.807) is 0 Å². The molecule has 1 saturated heterocycles. The molecule has 0 saturated carbocycles. The summed E-state index contributed by atoms with van der Waals surface area (Å²) in [6, 6.07) is 16.2. The molecule has 0 aliphatic carbocycles. The van der Waals surface area contributed by atoms with E-state index < -0.39 is 0 Å². The number of rotatable bonds is 3. The Morgan fingerprint density at radius 1 is 0.950 bits per heavy atom. The van der Waals surface area contributed by atoms with Crippen LogP contribution in [-0.4, -0.2) is 26.3 Å². The van der Waals surface area contributed by atoms with Gasteiger partial charge in [-0.15, -0.1) is 0 Å². The molecule has 20 heavy (non-hydrogen) atoms. The zero-order valence-electron chi connectivity index (χ0n) is 11.4. The van der Waals surface area contributed by atoms with E-state index >= 15 is 0 Å². The Labute approximate surface area is 119 Å². The van der Waals surface area contributed by atoms with Gasteiger partial charge in [-0.05, 0) is 42.5 Å². The first kappa shape index (κ1) is 12.8. The summed E-state index contributed by atoms with van der Waals surface area (Å²) in [5, 5.41) is 3.35. The average molecular weight is 269 g/mol. The van der Waals surface area contributed by atoms with Gasteiger partial charge in [-0.2, -0.15) is 0 Å². The van der Waals surface area contributed by atoms with Gasteiger partial charge in [0.1, 0.15) is 0 Å². The highest BCUT2D eigenvalue weighted by molar-refractivity contribution is 5.65. The van der Waals surface area contributed by atoms with E-state index in [0.29, 0.717) is 0 Å². The number of ether oxygens (including phenoxy) is 1. The third-order valence-electron chi connectivity index (χ3n) is 3.42. The second kappa shape index (κ2) is 5.84. The molecule has 0 spiro atoms. The number of nitrogens with one attached hydrogen (secondary N) is 1. The van der Waals surface area contributed by atoms with E-state index in [1.165, 1.54) is 5.69 Å². The van der Waals surface area contributed by atoms with Crippen molar-refractivity contribution in [2.45, 2.75) is 0 Å². The number of hydrogen-bond acceptors (Lipinski definition) is 4. The Kier molecular flexibility index (Phi) is 3.74. The maximum Gasteiger partial charge on any atom is 0.0642 e. The molecule has 0 amide bonds. The molecular formula is C16H19N3O. The van der Waals surface area contributed by atoms with Crippen LogP contribution in [0.1, 0.15) is 0 Å². The smallest absolute Gasteiger partial charge is 0.0642 e. The monoisotopic (exact) mass is 269 g/mol. The maximum atomic E-state index is 5.78. The van der Waals surface area contributed by atoms with Crippen molar-refractivity contribution in [2.24, 2.45) is 0 Å². The molecule has 4 heteroatoms. The van der Waals surface area contributed by atoms with Gasteiger partial charge in [0.05, 0.1) is 13.2 Å². The van der Waals surface area contributed by atoms with E-state index in [9.17, 15) is 0 Å². The molecule has 1 aliphatic rings. The topological polar surface area (TPSA) is 50.5 Å². The highest BCUT2D eigenvalue weighted by Crippen LogP contribution is 2.22. The van der Waals surface area contributed by atoms with E-state index in [4.69, 9.17) is 10.5 Å². The number of anilines is 4. The average Bonchev–Trinajstić information content (AvgIpc) is 2.49. The lowest BCUT2D eigenvalue weighted by atomic mass is 10.2. The third-order valence-corrected chi connectivity index (χ3v) is 3.42. The number of benzene rings is 2. The molecule has 2 aromatic rings. The molecule has 1 aliphatic heterocycles. The second-order valence-electron chi connectivity index (χ2n) is 4.90. The van der Waals surface area contributed by atoms with E-state index in [0.717, 1.165) is 43.4 Å². The van der Waals surface area contributed by atoms with Gasteiger partial charge in [-0.1, -0.05) is 6.07 Å². The van der Waals surface area contributed by atoms with Gasteiger partial charge >= 0.3 is 0 Å². The summed E-state index contributed by atoms with van der Waals surface area (Å²) in [5.41, 5.74) is 9.85. The molecule has 0 unspecified atom stereocenters. The number of nitrogens with two attached hydrogens (primary N) is 1. The summed E-state index contributed by atoms with van der Waals surface area (Å²) in [5.74, 6) is 0. The predicted octanol–water partition coefficient (Wildman–Crippen LogP) is 2.85. The molecule has 4 nitrogen and oxygen atoms in total. The standard InChI is InChI=1S/C16H19N3O/c17-13-2-1-3-15(12-13)18-14-4-6-16(7-5-14)19-8-10-20-11-9-19/h1-7,12,18H,8-11,17H2. The fourth-order valence-electron chi connectivity index (χ4n) is 2.36. The summed E-state index contributed by atoms with van der Waals surface area (Å²) >= 11 is 0. The first-order valence-electron chi connectivity index (χ1n) is 6.86. The molecule has 3 N–H and O–H groups in total. The third kappa shape index (κ3) is 3.03. The van der Waals surface area contributed by atoms with Crippen LogP contribution in [0.2, 0.25) is 0 Å². The summed E-state index contributed by atoms with van der Waals surface area (Å²) in [6.07, 6.45) is 0. The Hall–Kier alpha value is -2.20. The van der Waals surface area contributed by atoms with Gasteiger partial charge in [0, 0.05) is 35.8 Å². The molecule has 104 valence electrons. The SMILES string of the molecule is Nc1cccc(Nc2ccc(N3CCOCC3)cc2)c1. The van der Waals surface area contributed by atoms with Crippen LogP contribution in [0.4, 0.5) is 22.7 Å². The first-order valence-corrected chi connectivity index (χ1v) is 6.86. The van der Waals surface area contributed by atoms with Crippen molar-refractivity contribution < 1.29 is 4.74 Å². The summed E-state index contributed by atoms with van der Waals surface area (Å²) in [4.78, 5) is 2.34. The summed E-state index contributed by atoms with van der Waals surface area (Å²) in [7, 11) is 0. The highest BCUT2D eigenvalue weighted by Gasteiger charge is 2.10. The minimum Gasteiger partial charge on any atom is -0.399 e. The molecule has 1 heterocycles. The minimum absolute atomic E-state index is 0.764. The van der Waals surface area contributed by atoms with Crippen molar-refractivity contribution in [1.82, 2.24) is 0 Å². The van der Waals surface area contributed by atoms with Crippen LogP contribution < -0.4 is 16.0 Å². The van der Waals surface area contributed by atoms with Gasteiger partial charge < -0.3 is 20.7 Å². The molecule has 2 aromatic carbocycles. The lowest BCUT2D eigenvalue weighted by Crippen LogP contribution is -2.36. The zero-order valence-corrected chi connectivity index (χ0v) is 11.4. The highest BCUT2D eigenvalue weighted by atomic mass is 16.5. The van der Waals surface area contributed by atoms with Crippen molar-refractivity contribution >= 4 is 22.7 Å². The van der Waals surface area contributed by atoms with Crippen LogP contribution in [0.3, 0.4) is 0 Å². The van der Waals surface area contributed by atoms with Crippen LogP contribution in [-0.2, 0) is 4.74 Å². The minimum atomic E-state index is 0.764. The molecule has 0 aromatic heterocycles. The number of nitrogens with zero attached hydrogens (tertiary/aromatic N) is 1. The van der Waals surface area contributed by atoms with E-state index in [2.05, 4.69) is 34.5 Å². The molecule has 0 atom stereocenters. The molecular weight excluding hydrogens is 250 g/mol. The number of hydrogen-bond donors (Lipinski definition) is 2. The van der Waals surface area contributed by atoms with Gasteiger partial charge in [0.25, 0.3) is 0 Å². The van der Waals surface area contributed by atoms with E-state index in [1.807, 2.05) is 24.3 Å². The Balaban J connectivity index is 1.69. The summed E-state index contributed by atoms with van der Waals surface area (Å²) in [6.45, 7) is 3.54. The fourth-order valence-corrected chi connectivity index (χ4v) is 2.36. The first-order chi connectivity index (χ1) is 9.81. The molecule has 3 rings (SSSR count). The van der Waals surface area contributed by atoms with Crippen LogP contribution in [0.5, 0.6) is 0 Å². The quantitative estimate of drug-likeness (QED) is 0.841. The lowest BCUT2D eigenvalue weighted by Gasteiger charge is -2.28. The van der Waals surface area contributed by atoms with Crippen molar-refractivity contribution in [1.29, 1.82) is 0 Å². The normalized spacial score (nSPS) is 15.1. The number of nitrogen functional groups attached to an aromatic ring is 1. The van der Waals surface area contributed by atoms with Gasteiger partial charge in [0.2, 0.25) is 0 Å². The zero-order chi connectivity index (χ0) is 13.8. The molecule has 0 radical (unpaired) electrons. The molecule has 1 fully saturated rings. The Morgan fingerprint density at radius 3 is 2.40 bits per heavy atom.